The number of ether oxygens (including phenoxy) is 1. The summed E-state index contributed by atoms with van der Waals surface area (Å²) in [5, 5.41) is 3.41. The van der Waals surface area contributed by atoms with E-state index in [1.54, 1.807) is 0 Å². The smallest absolute Gasteiger partial charge is 0.293 e. The molecule has 70 valence electrons. The van der Waals surface area contributed by atoms with E-state index in [0.717, 1.165) is 18.9 Å². The van der Waals surface area contributed by atoms with Crippen LogP contribution in [-0.2, 0) is 9.53 Å². The lowest BCUT2D eigenvalue weighted by Crippen LogP contribution is -2.37. The highest BCUT2D eigenvalue weighted by Gasteiger charge is 2.17. The van der Waals surface area contributed by atoms with Gasteiger partial charge in [0.2, 0.25) is 0 Å². The number of carbonyl (C=O) groups excluding carboxylic acids is 1. The molecular weight excluding hydrogens is 154 g/mol. The van der Waals surface area contributed by atoms with E-state index in [1.807, 2.05) is 0 Å². The molecule has 1 fully saturated rings. The van der Waals surface area contributed by atoms with Crippen LogP contribution in [0.1, 0.15) is 26.2 Å². The van der Waals surface area contributed by atoms with Crippen molar-refractivity contribution >= 4 is 6.47 Å². The Morgan fingerprint density at radius 1 is 1.67 bits per heavy atom. The zero-order valence-corrected chi connectivity index (χ0v) is 7.58. The van der Waals surface area contributed by atoms with Gasteiger partial charge in [-0.25, -0.2) is 0 Å². The van der Waals surface area contributed by atoms with Gasteiger partial charge in [0.25, 0.3) is 6.47 Å². The van der Waals surface area contributed by atoms with Gasteiger partial charge in [-0.15, -0.1) is 0 Å². The van der Waals surface area contributed by atoms with Gasteiger partial charge in [0.05, 0.1) is 6.61 Å². The molecule has 0 radical (unpaired) electrons. The molecule has 0 aromatic heterocycles. The van der Waals surface area contributed by atoms with E-state index in [2.05, 4.69) is 17.0 Å². The first-order valence-corrected chi connectivity index (χ1v) is 4.61. The van der Waals surface area contributed by atoms with E-state index in [1.165, 1.54) is 12.8 Å². The second-order valence-corrected chi connectivity index (χ2v) is 3.54. The van der Waals surface area contributed by atoms with E-state index >= 15 is 0 Å². The highest BCUT2D eigenvalue weighted by molar-refractivity contribution is 5.36. The van der Waals surface area contributed by atoms with Gasteiger partial charge < -0.3 is 10.1 Å². The van der Waals surface area contributed by atoms with E-state index in [9.17, 15) is 4.79 Å². The van der Waals surface area contributed by atoms with Crippen molar-refractivity contribution in [3.05, 3.63) is 0 Å². The highest BCUT2D eigenvalue weighted by atomic mass is 16.5. The Kier molecular flexibility index (Phi) is 4.08. The second-order valence-electron chi connectivity index (χ2n) is 3.54. The lowest BCUT2D eigenvalue weighted by molar-refractivity contribution is -0.128. The minimum absolute atomic E-state index is 0.520. The van der Waals surface area contributed by atoms with Crippen molar-refractivity contribution < 1.29 is 9.53 Å². The summed E-state index contributed by atoms with van der Waals surface area (Å²) < 4.78 is 4.65. The van der Waals surface area contributed by atoms with Crippen molar-refractivity contribution in [3.63, 3.8) is 0 Å². The van der Waals surface area contributed by atoms with E-state index in [4.69, 9.17) is 0 Å². The van der Waals surface area contributed by atoms with E-state index < -0.39 is 0 Å². The van der Waals surface area contributed by atoms with Crippen LogP contribution in [0.2, 0.25) is 0 Å². The molecule has 1 heterocycles. The molecule has 3 nitrogen and oxygen atoms in total. The average Bonchev–Trinajstić information content (AvgIpc) is 2.05. The molecule has 0 saturated carbocycles. The Morgan fingerprint density at radius 3 is 3.17 bits per heavy atom. The molecule has 1 aliphatic rings. The Bertz CT molecular complexity index is 138. The van der Waals surface area contributed by atoms with Crippen LogP contribution in [0, 0.1) is 5.92 Å². The van der Waals surface area contributed by atoms with Crippen molar-refractivity contribution in [2.75, 3.05) is 13.2 Å². The van der Waals surface area contributed by atoms with Gasteiger partial charge in [0.15, 0.2) is 0 Å². The lowest BCUT2D eigenvalue weighted by atomic mass is 9.93. The fourth-order valence-electron chi connectivity index (χ4n) is 1.70. The molecule has 0 bridgehead atoms. The predicted molar refractivity (Wildman–Crippen MR) is 46.8 cm³/mol. The molecule has 1 aliphatic heterocycles. The third-order valence-electron chi connectivity index (χ3n) is 2.41. The second kappa shape index (κ2) is 5.14. The quantitative estimate of drug-likeness (QED) is 0.505. The first-order chi connectivity index (χ1) is 5.83. The fraction of sp³-hybridized carbons (Fsp3) is 0.889. The van der Waals surface area contributed by atoms with Crippen molar-refractivity contribution in [1.82, 2.24) is 5.32 Å². The SMILES string of the molecule is CC1CCNC(CCOC=O)C1. The molecule has 0 spiro atoms. The van der Waals surface area contributed by atoms with Gasteiger partial charge in [-0.2, -0.15) is 0 Å². The maximum absolute atomic E-state index is 9.87. The molecule has 2 atom stereocenters. The lowest BCUT2D eigenvalue weighted by Gasteiger charge is -2.27. The van der Waals surface area contributed by atoms with Crippen LogP contribution in [0.15, 0.2) is 0 Å². The molecule has 3 heteroatoms. The zero-order valence-electron chi connectivity index (χ0n) is 7.58. The fourth-order valence-corrected chi connectivity index (χ4v) is 1.70. The first kappa shape index (κ1) is 9.52. The summed E-state index contributed by atoms with van der Waals surface area (Å²) in [6.45, 7) is 4.45. The zero-order chi connectivity index (χ0) is 8.81. The Morgan fingerprint density at radius 2 is 2.50 bits per heavy atom. The van der Waals surface area contributed by atoms with Crippen LogP contribution in [0.25, 0.3) is 0 Å². The van der Waals surface area contributed by atoms with E-state index in [-0.39, 0.29) is 0 Å². The summed E-state index contributed by atoms with van der Waals surface area (Å²) >= 11 is 0. The largest absolute Gasteiger partial charge is 0.468 e. The van der Waals surface area contributed by atoms with Gasteiger partial charge in [-0.1, -0.05) is 6.92 Å². The first-order valence-electron chi connectivity index (χ1n) is 4.61. The average molecular weight is 171 g/mol. The summed E-state index contributed by atoms with van der Waals surface area (Å²) in [4.78, 5) is 9.87. The predicted octanol–water partition coefficient (Wildman–Crippen LogP) is 0.938. The number of piperidine rings is 1. The molecule has 0 aromatic carbocycles. The normalized spacial score (nSPS) is 29.8. The number of hydrogen-bond donors (Lipinski definition) is 1. The van der Waals surface area contributed by atoms with Crippen molar-refractivity contribution in [3.8, 4) is 0 Å². The number of hydrogen-bond acceptors (Lipinski definition) is 3. The minimum atomic E-state index is 0.520. The molecule has 2 unspecified atom stereocenters. The third-order valence-corrected chi connectivity index (χ3v) is 2.41. The molecule has 0 amide bonds. The summed E-state index contributed by atoms with van der Waals surface area (Å²) in [6, 6.07) is 0.550. The van der Waals surface area contributed by atoms with Crippen LogP contribution < -0.4 is 5.32 Å². The van der Waals surface area contributed by atoms with Crippen LogP contribution in [-0.4, -0.2) is 25.7 Å². The van der Waals surface area contributed by atoms with Crippen LogP contribution in [0.5, 0.6) is 0 Å². The molecule has 1 rings (SSSR count). The van der Waals surface area contributed by atoms with Crippen molar-refractivity contribution in [1.29, 1.82) is 0 Å². The number of carbonyl (C=O) groups is 1. The van der Waals surface area contributed by atoms with Crippen LogP contribution in [0.3, 0.4) is 0 Å². The molecule has 1 N–H and O–H groups in total. The Hall–Kier alpha value is -0.570. The van der Waals surface area contributed by atoms with Gasteiger partial charge in [0, 0.05) is 6.04 Å². The summed E-state index contributed by atoms with van der Waals surface area (Å²) in [5.74, 6) is 0.812. The number of nitrogens with one attached hydrogen (secondary N) is 1. The van der Waals surface area contributed by atoms with Gasteiger partial charge in [-0.05, 0) is 31.7 Å². The summed E-state index contributed by atoms with van der Waals surface area (Å²) in [7, 11) is 0. The van der Waals surface area contributed by atoms with Crippen LogP contribution in [0.4, 0.5) is 0 Å². The Labute approximate surface area is 73.5 Å². The van der Waals surface area contributed by atoms with E-state index in [0.29, 0.717) is 19.1 Å². The van der Waals surface area contributed by atoms with Crippen LogP contribution >= 0.6 is 0 Å². The van der Waals surface area contributed by atoms with Crippen molar-refractivity contribution in [2.45, 2.75) is 32.2 Å². The monoisotopic (exact) mass is 171 g/mol. The standard InChI is InChI=1S/C9H17NO2/c1-8-2-4-10-9(6-8)3-5-12-7-11/h7-10H,2-6H2,1H3. The minimum Gasteiger partial charge on any atom is -0.468 e. The molecule has 0 aliphatic carbocycles. The summed E-state index contributed by atoms with van der Waals surface area (Å²) in [5.41, 5.74) is 0. The maximum atomic E-state index is 9.87. The Balaban J connectivity index is 2.09. The molecule has 1 saturated heterocycles. The molecular formula is C9H17NO2. The number of rotatable bonds is 4. The highest BCUT2D eigenvalue weighted by Crippen LogP contribution is 2.16. The van der Waals surface area contributed by atoms with Gasteiger partial charge >= 0.3 is 0 Å². The third kappa shape index (κ3) is 3.22. The van der Waals surface area contributed by atoms with Gasteiger partial charge in [0.1, 0.15) is 0 Å². The maximum Gasteiger partial charge on any atom is 0.293 e. The topological polar surface area (TPSA) is 38.3 Å². The molecule has 0 aromatic rings. The molecule has 12 heavy (non-hydrogen) atoms. The van der Waals surface area contributed by atoms with Gasteiger partial charge in [-0.3, -0.25) is 4.79 Å². The van der Waals surface area contributed by atoms with Crippen molar-refractivity contribution in [2.24, 2.45) is 5.92 Å². The summed E-state index contributed by atoms with van der Waals surface area (Å²) in [6.07, 6.45) is 3.43.